The lowest BCUT2D eigenvalue weighted by Gasteiger charge is -1.92. The molecule has 41 valence electrons. The van der Waals surface area contributed by atoms with E-state index in [1.165, 1.54) is 0 Å². The minimum absolute atomic E-state index is 0.799. The van der Waals surface area contributed by atoms with Gasteiger partial charge in [-0.2, -0.15) is 0 Å². The van der Waals surface area contributed by atoms with Crippen molar-refractivity contribution in [1.29, 1.82) is 0 Å². The smallest absolute Gasteiger partial charge is 0.146 e. The van der Waals surface area contributed by atoms with Crippen LogP contribution in [-0.2, 0) is 0 Å². The van der Waals surface area contributed by atoms with E-state index in [0.717, 1.165) is 11.6 Å². The lowest BCUT2D eigenvalue weighted by atomic mass is 10.4. The van der Waals surface area contributed by atoms with Crippen LogP contribution in [0, 0.1) is 0 Å². The average Bonchev–Trinajstić information content (AvgIpc) is 1.27. The van der Waals surface area contributed by atoms with Crippen molar-refractivity contribution in [3.8, 4) is 0 Å². The van der Waals surface area contributed by atoms with Crippen LogP contribution < -0.4 is 0 Å². The van der Waals surface area contributed by atoms with Gasteiger partial charge in [0, 0.05) is 0 Å². The Hall–Kier alpha value is 0.537. The normalized spacial score (nSPS) is 9.71. The second-order valence-corrected chi connectivity index (χ2v) is 5.82. The van der Waals surface area contributed by atoms with E-state index < -0.39 is 7.42 Å². The molecule has 1 radical (unpaired) electrons. The molecule has 7 heavy (non-hydrogen) atoms. The summed E-state index contributed by atoms with van der Waals surface area (Å²) in [6.45, 7) is 5.58. The maximum Gasteiger partial charge on any atom is 0.277 e. The molecular formula is C4H7Cl2Si. The number of hydrogen-bond acceptors (Lipinski definition) is 0. The first-order valence-electron chi connectivity index (χ1n) is 1.94. The fourth-order valence-electron chi connectivity index (χ4n) is 0.228. The van der Waals surface area contributed by atoms with Gasteiger partial charge in [0.05, 0.1) is 0 Å². The molecule has 0 saturated heterocycles. The molecule has 0 aliphatic carbocycles. The molecule has 0 atom stereocenters. The summed E-state index contributed by atoms with van der Waals surface area (Å²) >= 11 is 11.0. The summed E-state index contributed by atoms with van der Waals surface area (Å²) in [7, 11) is -1.09. The van der Waals surface area contributed by atoms with Gasteiger partial charge in [0.2, 0.25) is 0 Å². The SMILES string of the molecule is C=C(C)C[Si](Cl)Cl. The zero-order chi connectivity index (χ0) is 5.86. The van der Waals surface area contributed by atoms with Gasteiger partial charge >= 0.3 is 0 Å². The Morgan fingerprint density at radius 3 is 2.14 bits per heavy atom. The van der Waals surface area contributed by atoms with Gasteiger partial charge in [-0.3, -0.25) is 0 Å². The zero-order valence-corrected chi connectivity index (χ0v) is 6.68. The Morgan fingerprint density at radius 2 is 2.14 bits per heavy atom. The van der Waals surface area contributed by atoms with Crippen molar-refractivity contribution >= 4 is 29.6 Å². The fourth-order valence-corrected chi connectivity index (χ4v) is 2.05. The van der Waals surface area contributed by atoms with Crippen molar-refractivity contribution < 1.29 is 0 Å². The lowest BCUT2D eigenvalue weighted by Crippen LogP contribution is -1.89. The van der Waals surface area contributed by atoms with Gasteiger partial charge in [-0.15, -0.1) is 28.7 Å². The predicted octanol–water partition coefficient (Wildman–Crippen LogP) is 2.53. The molecule has 0 unspecified atom stereocenters. The molecule has 0 N–H and O–H groups in total. The Balaban J connectivity index is 3.13. The minimum Gasteiger partial charge on any atom is -0.146 e. The van der Waals surface area contributed by atoms with Gasteiger partial charge in [0.15, 0.2) is 0 Å². The molecule has 3 heteroatoms. The highest BCUT2D eigenvalue weighted by Crippen LogP contribution is 2.08. The van der Waals surface area contributed by atoms with Crippen molar-refractivity contribution in [2.24, 2.45) is 0 Å². The molecule has 0 saturated carbocycles. The van der Waals surface area contributed by atoms with Crippen molar-refractivity contribution in [2.45, 2.75) is 13.0 Å². The molecule has 0 rings (SSSR count). The molecule has 0 fully saturated rings. The fraction of sp³-hybridized carbons (Fsp3) is 0.500. The van der Waals surface area contributed by atoms with E-state index in [2.05, 4.69) is 6.58 Å². The summed E-state index contributed by atoms with van der Waals surface area (Å²) in [5.74, 6) is 0. The van der Waals surface area contributed by atoms with E-state index >= 15 is 0 Å². The van der Waals surface area contributed by atoms with Crippen LogP contribution in [0.3, 0.4) is 0 Å². The van der Waals surface area contributed by atoms with Crippen molar-refractivity contribution in [2.75, 3.05) is 0 Å². The number of halogens is 2. The number of allylic oxidation sites excluding steroid dienone is 1. The quantitative estimate of drug-likeness (QED) is 0.325. The van der Waals surface area contributed by atoms with Crippen LogP contribution in [0.4, 0.5) is 0 Å². The van der Waals surface area contributed by atoms with Crippen LogP contribution in [0.25, 0.3) is 0 Å². The van der Waals surface area contributed by atoms with Crippen molar-refractivity contribution in [3.63, 3.8) is 0 Å². The third kappa shape index (κ3) is 6.54. The number of rotatable bonds is 2. The van der Waals surface area contributed by atoms with E-state index in [1.54, 1.807) is 0 Å². The Bertz CT molecular complexity index is 70.1. The highest BCUT2D eigenvalue weighted by atomic mass is 35.7. The minimum atomic E-state index is -1.09. The average molecular weight is 154 g/mol. The highest BCUT2D eigenvalue weighted by molar-refractivity contribution is 7.34. The number of hydrogen-bond donors (Lipinski definition) is 0. The van der Waals surface area contributed by atoms with Crippen LogP contribution in [0.15, 0.2) is 12.2 Å². The van der Waals surface area contributed by atoms with Gasteiger partial charge in [-0.1, -0.05) is 5.57 Å². The predicted molar refractivity (Wildman–Crippen MR) is 37.1 cm³/mol. The van der Waals surface area contributed by atoms with Gasteiger partial charge < -0.3 is 0 Å². The third-order valence-corrected chi connectivity index (χ3v) is 2.11. The topological polar surface area (TPSA) is 0 Å². The summed E-state index contributed by atoms with van der Waals surface area (Å²) in [6.07, 6.45) is 0. The standard InChI is InChI=1S/C4H7Cl2Si/c1-4(2)3-7(5)6/h1,3H2,2H3. The second kappa shape index (κ2) is 3.53. The Labute approximate surface area is 55.1 Å². The van der Waals surface area contributed by atoms with Crippen molar-refractivity contribution in [3.05, 3.63) is 12.2 Å². The van der Waals surface area contributed by atoms with Gasteiger partial charge in [-0.25, -0.2) is 0 Å². The summed E-state index contributed by atoms with van der Waals surface area (Å²) < 4.78 is 0. The third-order valence-electron chi connectivity index (χ3n) is 0.435. The monoisotopic (exact) mass is 153 g/mol. The molecule has 0 spiro atoms. The summed E-state index contributed by atoms with van der Waals surface area (Å²) in [5.41, 5.74) is 1.07. The van der Waals surface area contributed by atoms with Crippen LogP contribution in [0.5, 0.6) is 0 Å². The lowest BCUT2D eigenvalue weighted by molar-refractivity contribution is 1.40. The summed E-state index contributed by atoms with van der Waals surface area (Å²) in [4.78, 5) is 0. The van der Waals surface area contributed by atoms with E-state index in [4.69, 9.17) is 22.2 Å². The first kappa shape index (κ1) is 7.54. The first-order chi connectivity index (χ1) is 3.13. The van der Waals surface area contributed by atoms with Gasteiger partial charge in [-0.05, 0) is 13.0 Å². The van der Waals surface area contributed by atoms with Crippen molar-refractivity contribution in [1.82, 2.24) is 0 Å². The Kier molecular flexibility index (Phi) is 3.80. The van der Waals surface area contributed by atoms with Gasteiger partial charge in [0.1, 0.15) is 0 Å². The molecule has 0 aliphatic heterocycles. The molecule has 0 aromatic rings. The first-order valence-corrected chi connectivity index (χ1v) is 5.67. The summed E-state index contributed by atoms with van der Waals surface area (Å²) in [6, 6.07) is 0.799. The molecule has 0 aromatic carbocycles. The highest BCUT2D eigenvalue weighted by Gasteiger charge is 2.00. The van der Waals surface area contributed by atoms with E-state index in [9.17, 15) is 0 Å². The van der Waals surface area contributed by atoms with E-state index in [-0.39, 0.29) is 0 Å². The molecule has 0 aromatic heterocycles. The molecule has 0 nitrogen and oxygen atoms in total. The molecule has 0 bridgehead atoms. The molecular weight excluding hydrogens is 147 g/mol. The second-order valence-electron chi connectivity index (χ2n) is 1.47. The van der Waals surface area contributed by atoms with E-state index in [0.29, 0.717) is 0 Å². The largest absolute Gasteiger partial charge is 0.277 e. The molecule has 0 heterocycles. The molecule has 0 amide bonds. The van der Waals surface area contributed by atoms with Crippen LogP contribution in [-0.4, -0.2) is 7.42 Å². The van der Waals surface area contributed by atoms with E-state index in [1.807, 2.05) is 6.92 Å². The Morgan fingerprint density at radius 1 is 1.71 bits per heavy atom. The molecule has 0 aliphatic rings. The van der Waals surface area contributed by atoms with Crippen LogP contribution in [0.1, 0.15) is 6.92 Å². The van der Waals surface area contributed by atoms with Crippen LogP contribution in [0.2, 0.25) is 6.04 Å². The van der Waals surface area contributed by atoms with Gasteiger partial charge in [0.25, 0.3) is 7.42 Å². The zero-order valence-electron chi connectivity index (χ0n) is 4.17. The maximum absolute atomic E-state index is 5.48. The maximum atomic E-state index is 5.48. The van der Waals surface area contributed by atoms with Crippen LogP contribution >= 0.6 is 22.2 Å². The summed E-state index contributed by atoms with van der Waals surface area (Å²) in [5, 5.41) is 0.